The summed E-state index contributed by atoms with van der Waals surface area (Å²) in [5.41, 5.74) is 2.27. The van der Waals surface area contributed by atoms with Gasteiger partial charge in [0.25, 0.3) is 11.8 Å². The van der Waals surface area contributed by atoms with Gasteiger partial charge in [0.05, 0.1) is 18.7 Å². The van der Waals surface area contributed by atoms with Crippen LogP contribution in [0, 0.1) is 0 Å². The van der Waals surface area contributed by atoms with Gasteiger partial charge in [-0.25, -0.2) is 0 Å². The molecular weight excluding hydrogens is 566 g/mol. The number of amides is 3. The summed E-state index contributed by atoms with van der Waals surface area (Å²) >= 11 is 0. The molecule has 6 aliphatic rings. The minimum Gasteiger partial charge on any atom is -0.493 e. The van der Waals surface area contributed by atoms with Crippen LogP contribution < -0.4 is 34.3 Å². The van der Waals surface area contributed by atoms with Crippen molar-refractivity contribution in [1.29, 1.82) is 0 Å². The van der Waals surface area contributed by atoms with Gasteiger partial charge < -0.3 is 39.2 Å². The average molecular weight is 602 g/mol. The molecule has 6 heterocycles. The van der Waals surface area contributed by atoms with Crippen molar-refractivity contribution in [2.24, 2.45) is 0 Å². The summed E-state index contributed by atoms with van der Waals surface area (Å²) in [4.78, 5) is 41.1. The maximum absolute atomic E-state index is 13.7. The van der Waals surface area contributed by atoms with Crippen molar-refractivity contribution in [3.63, 3.8) is 0 Å². The number of hydrogen-bond acceptors (Lipinski definition) is 8. The zero-order valence-corrected chi connectivity index (χ0v) is 24.5. The van der Waals surface area contributed by atoms with Gasteiger partial charge in [0.15, 0.2) is 29.6 Å². The highest BCUT2D eigenvalue weighted by molar-refractivity contribution is 5.98. The van der Waals surface area contributed by atoms with E-state index in [1.54, 1.807) is 29.2 Å². The number of aryl methyl sites for hydroxylation is 1. The van der Waals surface area contributed by atoms with E-state index in [1.807, 2.05) is 36.4 Å². The van der Waals surface area contributed by atoms with Gasteiger partial charge >= 0.3 is 0 Å². The summed E-state index contributed by atoms with van der Waals surface area (Å²) in [5, 5.41) is 6.00. The molecule has 0 aliphatic carbocycles. The second-order valence-electron chi connectivity index (χ2n) is 10.9. The van der Waals surface area contributed by atoms with E-state index >= 15 is 0 Å². The third kappa shape index (κ3) is 6.66. The third-order valence-electron chi connectivity index (χ3n) is 7.91. The number of ether oxygens (including phenoxy) is 5. The topological polar surface area (TPSA) is 125 Å². The second-order valence-corrected chi connectivity index (χ2v) is 10.9. The molecule has 3 aromatic rings. The van der Waals surface area contributed by atoms with Crippen LogP contribution in [0.2, 0.25) is 0 Å². The molecule has 6 aliphatic heterocycles. The number of rotatable bonds is 2. The maximum atomic E-state index is 13.7. The Kier molecular flexibility index (Phi) is 8.71. The molecule has 4 bridgehead atoms. The van der Waals surface area contributed by atoms with E-state index in [-0.39, 0.29) is 30.9 Å². The normalized spacial score (nSPS) is 20.3. The molecule has 9 rings (SSSR count). The van der Waals surface area contributed by atoms with E-state index in [1.165, 1.54) is 7.11 Å². The fraction of sp³-hybridized carbons (Fsp3) is 0.364. The number of nitrogens with zero attached hydrogens (tertiary/aromatic N) is 1. The first-order valence-corrected chi connectivity index (χ1v) is 14.8. The first-order valence-electron chi connectivity index (χ1n) is 14.8. The molecule has 44 heavy (non-hydrogen) atoms. The lowest BCUT2D eigenvalue weighted by Gasteiger charge is -2.39. The highest BCUT2D eigenvalue weighted by Gasteiger charge is 2.36. The number of carbonyl (C=O) groups excluding carboxylic acids is 3. The Hall–Kier alpha value is -4.93. The van der Waals surface area contributed by atoms with Crippen LogP contribution in [0.25, 0.3) is 0 Å². The van der Waals surface area contributed by atoms with Gasteiger partial charge in [0.2, 0.25) is 5.91 Å². The average Bonchev–Trinajstić information content (AvgIpc) is 3.06. The Morgan fingerprint density at radius 2 is 1.73 bits per heavy atom. The Morgan fingerprint density at radius 1 is 0.909 bits per heavy atom. The lowest BCUT2D eigenvalue weighted by atomic mass is 10.00. The molecule has 11 heteroatoms. The molecule has 11 nitrogen and oxygen atoms in total. The van der Waals surface area contributed by atoms with E-state index in [0.29, 0.717) is 79.9 Å². The Balaban J connectivity index is 1.24. The summed E-state index contributed by atoms with van der Waals surface area (Å²) in [6.45, 7) is 1.57. The molecular formula is C33H35N3O8. The van der Waals surface area contributed by atoms with E-state index in [9.17, 15) is 14.4 Å². The highest BCUT2D eigenvalue weighted by atomic mass is 16.6. The maximum Gasteiger partial charge on any atom is 0.258 e. The van der Waals surface area contributed by atoms with Gasteiger partial charge in [-0.3, -0.25) is 14.4 Å². The summed E-state index contributed by atoms with van der Waals surface area (Å²) in [6, 6.07) is 17.6. The highest BCUT2D eigenvalue weighted by Crippen LogP contribution is 2.35. The quantitative estimate of drug-likeness (QED) is 0.460. The van der Waals surface area contributed by atoms with E-state index < -0.39 is 12.1 Å². The van der Waals surface area contributed by atoms with Crippen molar-refractivity contribution in [2.75, 3.05) is 40.0 Å². The smallest absolute Gasteiger partial charge is 0.258 e. The molecule has 1 saturated heterocycles. The first-order chi connectivity index (χ1) is 21.5. The number of hydrogen-bond donors (Lipinski definition) is 2. The molecule has 0 spiro atoms. The van der Waals surface area contributed by atoms with Gasteiger partial charge in [-0.15, -0.1) is 0 Å². The summed E-state index contributed by atoms with van der Waals surface area (Å²) < 4.78 is 29.1. The number of carbonyl (C=O) groups is 3. The predicted molar refractivity (Wildman–Crippen MR) is 159 cm³/mol. The van der Waals surface area contributed by atoms with Gasteiger partial charge in [0, 0.05) is 32.5 Å². The van der Waals surface area contributed by atoms with E-state index in [2.05, 4.69) is 10.6 Å². The lowest BCUT2D eigenvalue weighted by Crippen LogP contribution is -2.58. The predicted octanol–water partition coefficient (Wildman–Crippen LogP) is 2.89. The fourth-order valence-electron chi connectivity index (χ4n) is 5.59. The summed E-state index contributed by atoms with van der Waals surface area (Å²) in [7, 11) is 1.53. The number of methoxy groups -OCH3 is 1. The van der Waals surface area contributed by atoms with Crippen molar-refractivity contribution < 1.29 is 38.1 Å². The monoisotopic (exact) mass is 601 g/mol. The van der Waals surface area contributed by atoms with Crippen molar-refractivity contribution >= 4 is 17.7 Å². The van der Waals surface area contributed by atoms with Crippen molar-refractivity contribution in [3.05, 3.63) is 77.4 Å². The number of benzene rings is 3. The van der Waals surface area contributed by atoms with Crippen molar-refractivity contribution in [2.45, 2.75) is 38.0 Å². The molecule has 0 unspecified atom stereocenters. The molecule has 0 aromatic heterocycles. The van der Waals surface area contributed by atoms with Crippen LogP contribution in [0.3, 0.4) is 0 Å². The number of para-hydroxylation sites is 1. The Labute approximate surface area is 255 Å². The van der Waals surface area contributed by atoms with Gasteiger partial charge in [-0.2, -0.15) is 0 Å². The van der Waals surface area contributed by atoms with Crippen LogP contribution in [-0.2, 0) is 22.6 Å². The van der Waals surface area contributed by atoms with Crippen LogP contribution in [0.1, 0.15) is 34.3 Å². The van der Waals surface area contributed by atoms with Gasteiger partial charge in [0.1, 0.15) is 25.1 Å². The SMILES string of the molecule is COc1cc2ccc1OCC(=O)N[C@@H]1CN(C(=O)c3cccc4c3OCCO4)CC[C@H]1Oc1ccc(cc1)CNC(=O)CC2. The first kappa shape index (κ1) is 29.2. The van der Waals surface area contributed by atoms with Gasteiger partial charge in [-0.1, -0.05) is 24.3 Å². The molecule has 2 N–H and O–H groups in total. The largest absolute Gasteiger partial charge is 0.493 e. The van der Waals surface area contributed by atoms with Crippen LogP contribution >= 0.6 is 0 Å². The molecule has 230 valence electrons. The fourth-order valence-corrected chi connectivity index (χ4v) is 5.59. The minimum absolute atomic E-state index is 0.0602. The molecule has 3 amide bonds. The number of piperidine rings is 1. The number of likely N-dealkylation sites (tertiary alicyclic amines) is 1. The lowest BCUT2D eigenvalue weighted by molar-refractivity contribution is -0.125. The molecule has 0 radical (unpaired) electrons. The van der Waals surface area contributed by atoms with E-state index in [0.717, 1.165) is 11.1 Å². The molecule has 0 saturated carbocycles. The van der Waals surface area contributed by atoms with Crippen LogP contribution in [0.15, 0.2) is 60.7 Å². The van der Waals surface area contributed by atoms with Crippen LogP contribution in [0.5, 0.6) is 28.7 Å². The van der Waals surface area contributed by atoms with Crippen molar-refractivity contribution in [1.82, 2.24) is 15.5 Å². The second kappa shape index (κ2) is 13.2. The van der Waals surface area contributed by atoms with Crippen molar-refractivity contribution in [3.8, 4) is 28.7 Å². The Morgan fingerprint density at radius 3 is 2.57 bits per heavy atom. The van der Waals surface area contributed by atoms with Crippen LogP contribution in [-0.4, -0.2) is 74.8 Å². The molecule has 3 aromatic carbocycles. The summed E-state index contributed by atoms with van der Waals surface area (Å²) in [5.74, 6) is 1.86. The molecule has 1 fully saturated rings. The standard InChI is InChI=1S/C33H35N3O8/c1-40-29-17-21-7-11-27(29)43-20-31(38)35-25-19-36(33(39)24-3-2-4-28-32(24)42-16-15-41-28)14-13-26(25)44-23-9-5-22(6-10-23)18-34-30(37)12-8-21/h2-7,9-11,17,25-26H,8,12-16,18-20H2,1H3,(H,34,37)(H,35,38)/t25-,26-/m1/s1. The molecule has 2 atom stereocenters. The number of nitrogens with one attached hydrogen (secondary N) is 2. The Bertz CT molecular complexity index is 1530. The minimum atomic E-state index is -0.519. The zero-order chi connectivity index (χ0) is 30.5. The summed E-state index contributed by atoms with van der Waals surface area (Å²) in [6.07, 6.45) is 0.927. The zero-order valence-electron chi connectivity index (χ0n) is 24.5. The third-order valence-corrected chi connectivity index (χ3v) is 7.91. The van der Waals surface area contributed by atoms with Crippen LogP contribution in [0.4, 0.5) is 0 Å². The van der Waals surface area contributed by atoms with Gasteiger partial charge in [-0.05, 0) is 53.9 Å². The number of fused-ring (bicyclic) bond motifs is 1. The van der Waals surface area contributed by atoms with E-state index in [4.69, 9.17) is 23.7 Å².